The molecule has 92 valence electrons. The van der Waals surface area contributed by atoms with Crippen LogP contribution in [0.5, 0.6) is 0 Å². The number of aromatic nitrogens is 1. The summed E-state index contributed by atoms with van der Waals surface area (Å²) in [4.78, 5) is 6.95. The fourth-order valence-corrected chi connectivity index (χ4v) is 2.67. The molecule has 3 nitrogen and oxygen atoms in total. The largest absolute Gasteiger partial charge is 0.382 e. The number of nitrogens with one attached hydrogen (secondary N) is 1. The average Bonchev–Trinajstić information content (AvgIpc) is 2.81. The van der Waals surface area contributed by atoms with Crippen molar-refractivity contribution in [2.75, 3.05) is 29.9 Å². The van der Waals surface area contributed by atoms with Crippen molar-refractivity contribution >= 4 is 11.5 Å². The standard InChI is InChI=1S/C14H21N3/c1-2-10-17(9-1)14-13(7-4-8-15-14)16-11-12-5-3-6-12/h4,7-8,12,16H,1-3,5-6,9-11H2. The summed E-state index contributed by atoms with van der Waals surface area (Å²) in [6, 6.07) is 4.20. The smallest absolute Gasteiger partial charge is 0.151 e. The average molecular weight is 231 g/mol. The summed E-state index contributed by atoms with van der Waals surface area (Å²) < 4.78 is 0. The Morgan fingerprint density at radius 3 is 2.76 bits per heavy atom. The van der Waals surface area contributed by atoms with Gasteiger partial charge in [0.1, 0.15) is 0 Å². The van der Waals surface area contributed by atoms with Crippen molar-refractivity contribution < 1.29 is 0 Å². The molecule has 0 atom stereocenters. The second-order valence-corrected chi connectivity index (χ2v) is 5.25. The van der Waals surface area contributed by atoms with Gasteiger partial charge in [-0.25, -0.2) is 4.98 Å². The molecule has 1 aliphatic heterocycles. The molecule has 1 saturated heterocycles. The molecule has 3 rings (SSSR count). The molecule has 0 bridgehead atoms. The Morgan fingerprint density at radius 1 is 1.24 bits per heavy atom. The van der Waals surface area contributed by atoms with E-state index in [1.165, 1.54) is 37.8 Å². The monoisotopic (exact) mass is 231 g/mol. The summed E-state index contributed by atoms with van der Waals surface area (Å²) >= 11 is 0. The van der Waals surface area contributed by atoms with Gasteiger partial charge in [0, 0.05) is 25.8 Å². The first-order valence-corrected chi connectivity index (χ1v) is 6.87. The highest BCUT2D eigenvalue weighted by Crippen LogP contribution is 2.29. The van der Waals surface area contributed by atoms with Gasteiger partial charge in [0.15, 0.2) is 5.82 Å². The fourth-order valence-electron chi connectivity index (χ4n) is 2.67. The lowest BCUT2D eigenvalue weighted by molar-refractivity contribution is 0.333. The Hall–Kier alpha value is -1.25. The van der Waals surface area contributed by atoms with Crippen LogP contribution in [0.3, 0.4) is 0 Å². The Kier molecular flexibility index (Phi) is 3.16. The van der Waals surface area contributed by atoms with Crippen LogP contribution in [0.15, 0.2) is 18.3 Å². The minimum absolute atomic E-state index is 0.890. The molecule has 1 aliphatic carbocycles. The molecular formula is C14H21N3. The van der Waals surface area contributed by atoms with Crippen LogP contribution in [0.1, 0.15) is 32.1 Å². The van der Waals surface area contributed by atoms with E-state index >= 15 is 0 Å². The quantitative estimate of drug-likeness (QED) is 0.863. The van der Waals surface area contributed by atoms with E-state index < -0.39 is 0 Å². The second-order valence-electron chi connectivity index (χ2n) is 5.25. The van der Waals surface area contributed by atoms with Gasteiger partial charge in [-0.2, -0.15) is 0 Å². The van der Waals surface area contributed by atoms with E-state index in [-0.39, 0.29) is 0 Å². The zero-order valence-corrected chi connectivity index (χ0v) is 10.4. The number of anilines is 2. The van der Waals surface area contributed by atoms with Crippen molar-refractivity contribution in [1.82, 2.24) is 4.98 Å². The number of rotatable bonds is 4. The molecule has 1 aromatic heterocycles. The van der Waals surface area contributed by atoms with Crippen molar-refractivity contribution in [2.45, 2.75) is 32.1 Å². The third-order valence-electron chi connectivity index (χ3n) is 4.00. The van der Waals surface area contributed by atoms with Crippen LogP contribution in [-0.4, -0.2) is 24.6 Å². The van der Waals surface area contributed by atoms with Crippen molar-refractivity contribution in [1.29, 1.82) is 0 Å². The Bertz CT molecular complexity index is 367. The van der Waals surface area contributed by atoms with Crippen LogP contribution in [0.2, 0.25) is 0 Å². The van der Waals surface area contributed by atoms with Crippen LogP contribution >= 0.6 is 0 Å². The summed E-state index contributed by atoms with van der Waals surface area (Å²) in [6.07, 6.45) is 8.72. The third kappa shape index (κ3) is 2.38. The maximum Gasteiger partial charge on any atom is 0.151 e. The van der Waals surface area contributed by atoms with Crippen molar-refractivity contribution in [3.63, 3.8) is 0 Å². The topological polar surface area (TPSA) is 28.2 Å². The predicted molar refractivity (Wildman–Crippen MR) is 71.5 cm³/mol. The normalized spacial score (nSPS) is 20.4. The number of hydrogen-bond donors (Lipinski definition) is 1. The Morgan fingerprint density at radius 2 is 2.06 bits per heavy atom. The van der Waals surface area contributed by atoms with Gasteiger partial charge in [0.25, 0.3) is 0 Å². The molecule has 1 saturated carbocycles. The Balaban J connectivity index is 1.68. The first kappa shape index (κ1) is 10.9. The number of nitrogens with zero attached hydrogens (tertiary/aromatic N) is 2. The van der Waals surface area contributed by atoms with Gasteiger partial charge in [0.2, 0.25) is 0 Å². The molecule has 0 amide bonds. The van der Waals surface area contributed by atoms with Gasteiger partial charge >= 0.3 is 0 Å². The highest BCUT2D eigenvalue weighted by atomic mass is 15.2. The lowest BCUT2D eigenvalue weighted by Crippen LogP contribution is -2.24. The molecule has 2 fully saturated rings. The molecule has 0 unspecified atom stereocenters. The maximum atomic E-state index is 4.55. The lowest BCUT2D eigenvalue weighted by Gasteiger charge is -2.27. The number of hydrogen-bond acceptors (Lipinski definition) is 3. The molecule has 2 aliphatic rings. The zero-order valence-electron chi connectivity index (χ0n) is 10.4. The summed E-state index contributed by atoms with van der Waals surface area (Å²) in [6.45, 7) is 3.44. The minimum atomic E-state index is 0.890. The lowest BCUT2D eigenvalue weighted by atomic mass is 9.85. The van der Waals surface area contributed by atoms with Gasteiger partial charge in [-0.15, -0.1) is 0 Å². The SMILES string of the molecule is c1cnc(N2CCCC2)c(NCC2CCC2)c1. The highest BCUT2D eigenvalue weighted by Gasteiger charge is 2.19. The third-order valence-corrected chi connectivity index (χ3v) is 4.00. The van der Waals surface area contributed by atoms with Crippen molar-refractivity contribution in [2.24, 2.45) is 5.92 Å². The molecule has 0 spiro atoms. The van der Waals surface area contributed by atoms with Gasteiger partial charge in [-0.1, -0.05) is 6.42 Å². The van der Waals surface area contributed by atoms with E-state index in [9.17, 15) is 0 Å². The van der Waals surface area contributed by atoms with Gasteiger partial charge in [-0.05, 0) is 43.7 Å². The van der Waals surface area contributed by atoms with E-state index in [1.54, 1.807) is 0 Å². The second kappa shape index (κ2) is 4.94. The van der Waals surface area contributed by atoms with Crippen LogP contribution in [-0.2, 0) is 0 Å². The number of pyridine rings is 1. The molecule has 3 heteroatoms. The molecule has 1 N–H and O–H groups in total. The highest BCUT2D eigenvalue weighted by molar-refractivity contribution is 5.65. The van der Waals surface area contributed by atoms with Crippen LogP contribution in [0, 0.1) is 5.92 Å². The van der Waals surface area contributed by atoms with E-state index in [0.29, 0.717) is 0 Å². The summed E-state index contributed by atoms with van der Waals surface area (Å²) in [5.41, 5.74) is 1.22. The maximum absolute atomic E-state index is 4.55. The van der Waals surface area contributed by atoms with Crippen LogP contribution < -0.4 is 10.2 Å². The van der Waals surface area contributed by atoms with Gasteiger partial charge in [-0.3, -0.25) is 0 Å². The molecule has 0 radical (unpaired) electrons. The zero-order chi connectivity index (χ0) is 11.5. The minimum Gasteiger partial charge on any atom is -0.382 e. The van der Waals surface area contributed by atoms with Crippen molar-refractivity contribution in [3.05, 3.63) is 18.3 Å². The van der Waals surface area contributed by atoms with Crippen LogP contribution in [0.25, 0.3) is 0 Å². The van der Waals surface area contributed by atoms with E-state index in [0.717, 1.165) is 31.4 Å². The van der Waals surface area contributed by atoms with Crippen molar-refractivity contribution in [3.8, 4) is 0 Å². The molecule has 1 aromatic rings. The molecule has 0 aromatic carbocycles. The molecule has 2 heterocycles. The fraction of sp³-hybridized carbons (Fsp3) is 0.643. The van der Waals surface area contributed by atoms with Gasteiger partial charge in [0.05, 0.1) is 5.69 Å². The molecular weight excluding hydrogens is 210 g/mol. The van der Waals surface area contributed by atoms with E-state index in [4.69, 9.17) is 0 Å². The van der Waals surface area contributed by atoms with Crippen LogP contribution in [0.4, 0.5) is 11.5 Å². The summed E-state index contributed by atoms with van der Waals surface area (Å²) in [5.74, 6) is 2.05. The van der Waals surface area contributed by atoms with E-state index in [1.807, 2.05) is 12.3 Å². The first-order chi connectivity index (χ1) is 8.43. The van der Waals surface area contributed by atoms with E-state index in [2.05, 4.69) is 21.3 Å². The first-order valence-electron chi connectivity index (χ1n) is 6.87. The van der Waals surface area contributed by atoms with Gasteiger partial charge < -0.3 is 10.2 Å². The predicted octanol–water partition coefficient (Wildman–Crippen LogP) is 2.89. The summed E-state index contributed by atoms with van der Waals surface area (Å²) in [5, 5.41) is 3.59. The summed E-state index contributed by atoms with van der Waals surface area (Å²) in [7, 11) is 0. The Labute approximate surface area is 103 Å². The molecule has 17 heavy (non-hydrogen) atoms.